The topological polar surface area (TPSA) is 91.9 Å². The molecule has 3 aromatic heterocycles. The van der Waals surface area contributed by atoms with Gasteiger partial charge in [-0.25, -0.2) is 9.67 Å². The summed E-state index contributed by atoms with van der Waals surface area (Å²) in [7, 11) is 0. The molecule has 152 valence electrons. The summed E-state index contributed by atoms with van der Waals surface area (Å²) in [4.78, 5) is 9.09. The van der Waals surface area contributed by atoms with Gasteiger partial charge in [0.25, 0.3) is 5.88 Å². The van der Waals surface area contributed by atoms with Gasteiger partial charge in [-0.3, -0.25) is 4.68 Å². The molecule has 3 aliphatic heterocycles. The van der Waals surface area contributed by atoms with Crippen molar-refractivity contribution >= 4 is 34.3 Å². The smallest absolute Gasteiger partial charge is 0.257 e. The summed E-state index contributed by atoms with van der Waals surface area (Å²) >= 11 is 6.24. The zero-order valence-corrected chi connectivity index (χ0v) is 16.9. The predicted octanol–water partition coefficient (Wildman–Crippen LogP) is 3.39. The molecule has 3 aromatic rings. The van der Waals surface area contributed by atoms with E-state index in [2.05, 4.69) is 32.0 Å². The minimum absolute atomic E-state index is 0.329. The normalized spacial score (nSPS) is 26.1. The van der Waals surface area contributed by atoms with E-state index in [1.807, 2.05) is 4.68 Å². The van der Waals surface area contributed by atoms with Crippen LogP contribution >= 0.6 is 11.6 Å². The molecule has 0 amide bonds. The van der Waals surface area contributed by atoms with E-state index in [1.165, 1.54) is 0 Å². The Kier molecular flexibility index (Phi) is 3.95. The summed E-state index contributed by atoms with van der Waals surface area (Å²) in [6.07, 6.45) is 7.49. The van der Waals surface area contributed by atoms with Crippen LogP contribution < -0.4 is 10.1 Å². The third-order valence-corrected chi connectivity index (χ3v) is 6.44. The molecule has 6 rings (SSSR count). The predicted molar refractivity (Wildman–Crippen MR) is 107 cm³/mol. The quantitative estimate of drug-likeness (QED) is 0.651. The second kappa shape index (κ2) is 6.56. The van der Waals surface area contributed by atoms with Gasteiger partial charge in [0.15, 0.2) is 10.8 Å². The molecule has 3 aliphatic rings. The first kappa shape index (κ1) is 17.5. The van der Waals surface area contributed by atoms with Crippen molar-refractivity contribution in [3.63, 3.8) is 0 Å². The maximum absolute atomic E-state index is 6.24. The third kappa shape index (κ3) is 2.86. The number of fused-ring (bicyclic) bond motifs is 4. The first-order valence-electron chi connectivity index (χ1n) is 10.2. The van der Waals surface area contributed by atoms with Gasteiger partial charge in [-0.15, -0.1) is 5.10 Å². The van der Waals surface area contributed by atoms with E-state index < -0.39 is 0 Å². The lowest BCUT2D eigenvalue weighted by molar-refractivity contribution is -0.0186. The fourth-order valence-corrected chi connectivity index (χ4v) is 4.98. The number of ether oxygens (including phenoxy) is 2. The van der Waals surface area contributed by atoms with Gasteiger partial charge in [0.05, 0.1) is 35.9 Å². The Hall–Kier alpha value is -2.39. The highest BCUT2D eigenvalue weighted by atomic mass is 35.5. The fraction of sp³-hybridized carbons (Fsp3) is 0.579. The van der Waals surface area contributed by atoms with Crippen molar-refractivity contribution in [1.82, 2.24) is 29.5 Å². The van der Waals surface area contributed by atoms with Gasteiger partial charge in [-0.05, 0) is 32.6 Å². The highest BCUT2D eigenvalue weighted by molar-refractivity contribution is 6.34. The van der Waals surface area contributed by atoms with Crippen LogP contribution in [0.15, 0.2) is 6.20 Å². The number of aromatic nitrogens is 6. The molecular weight excluding hydrogens is 394 g/mol. The summed E-state index contributed by atoms with van der Waals surface area (Å²) in [5.74, 6) is 1.08. The number of anilines is 2. The van der Waals surface area contributed by atoms with E-state index in [-0.39, 0.29) is 0 Å². The van der Waals surface area contributed by atoms with Crippen LogP contribution in [0.5, 0.6) is 5.88 Å². The van der Waals surface area contributed by atoms with Crippen molar-refractivity contribution in [3.8, 4) is 5.88 Å². The number of nitrogens with one attached hydrogen (secondary N) is 1. The van der Waals surface area contributed by atoms with Gasteiger partial charge in [0.1, 0.15) is 5.69 Å². The average Bonchev–Trinajstić information content (AvgIpc) is 3.33. The van der Waals surface area contributed by atoms with Crippen LogP contribution in [0.1, 0.15) is 43.8 Å². The van der Waals surface area contributed by atoms with Crippen LogP contribution in [0.4, 0.5) is 11.6 Å². The first-order valence-corrected chi connectivity index (χ1v) is 10.6. The molecular formula is C19H22ClN7O2. The molecule has 1 N–H and O–H groups in total. The first-order chi connectivity index (χ1) is 14.2. The van der Waals surface area contributed by atoms with E-state index in [0.717, 1.165) is 54.5 Å². The molecule has 4 bridgehead atoms. The SMILES string of the molecule is Cc1c2c(nn1C1CC3CC[C@@H](C1)O3)OCCCn1nc(Cl)c3cnc(nc31)N2. The summed E-state index contributed by atoms with van der Waals surface area (Å²) in [6.45, 7) is 3.27. The molecule has 6 heterocycles. The van der Waals surface area contributed by atoms with Crippen LogP contribution in [0, 0.1) is 6.92 Å². The molecule has 0 saturated carbocycles. The molecule has 2 unspecified atom stereocenters. The largest absolute Gasteiger partial charge is 0.475 e. The molecule has 0 spiro atoms. The van der Waals surface area contributed by atoms with Gasteiger partial charge in [-0.2, -0.15) is 10.1 Å². The fourth-order valence-electron chi connectivity index (χ4n) is 4.76. The maximum Gasteiger partial charge on any atom is 0.257 e. The number of rotatable bonds is 1. The molecule has 0 radical (unpaired) electrons. The van der Waals surface area contributed by atoms with Gasteiger partial charge in [0.2, 0.25) is 5.95 Å². The monoisotopic (exact) mass is 415 g/mol. The second-order valence-electron chi connectivity index (χ2n) is 8.06. The van der Waals surface area contributed by atoms with Gasteiger partial charge >= 0.3 is 0 Å². The van der Waals surface area contributed by atoms with Crippen molar-refractivity contribution in [1.29, 1.82) is 0 Å². The van der Waals surface area contributed by atoms with Crippen LogP contribution in [0.2, 0.25) is 5.15 Å². The van der Waals surface area contributed by atoms with Crippen LogP contribution in [0.25, 0.3) is 11.0 Å². The molecule has 0 aliphatic carbocycles. The number of hydrogen-bond donors (Lipinski definition) is 1. The highest BCUT2D eigenvalue weighted by Crippen LogP contribution is 2.41. The second-order valence-corrected chi connectivity index (χ2v) is 8.42. The minimum Gasteiger partial charge on any atom is -0.475 e. The lowest BCUT2D eigenvalue weighted by Gasteiger charge is -2.29. The highest BCUT2D eigenvalue weighted by Gasteiger charge is 2.37. The van der Waals surface area contributed by atoms with Crippen molar-refractivity contribution in [2.75, 3.05) is 11.9 Å². The van der Waals surface area contributed by atoms with Gasteiger partial charge in [-0.1, -0.05) is 11.6 Å². The zero-order valence-electron chi connectivity index (χ0n) is 16.1. The van der Waals surface area contributed by atoms with Crippen molar-refractivity contribution in [2.24, 2.45) is 0 Å². The Bertz CT molecular complexity index is 1080. The van der Waals surface area contributed by atoms with Gasteiger partial charge < -0.3 is 14.8 Å². The van der Waals surface area contributed by atoms with Crippen LogP contribution in [-0.2, 0) is 11.3 Å². The van der Waals surface area contributed by atoms with E-state index in [0.29, 0.717) is 48.4 Å². The lowest BCUT2D eigenvalue weighted by Crippen LogP contribution is -2.28. The molecule has 9 nitrogen and oxygen atoms in total. The summed E-state index contributed by atoms with van der Waals surface area (Å²) < 4.78 is 16.0. The van der Waals surface area contributed by atoms with Crippen LogP contribution in [-0.4, -0.2) is 48.3 Å². The van der Waals surface area contributed by atoms with Crippen molar-refractivity contribution in [2.45, 2.75) is 63.8 Å². The Balaban J connectivity index is 1.40. The van der Waals surface area contributed by atoms with E-state index >= 15 is 0 Å². The lowest BCUT2D eigenvalue weighted by atomic mass is 10.0. The van der Waals surface area contributed by atoms with Crippen molar-refractivity contribution < 1.29 is 9.47 Å². The molecule has 10 heteroatoms. The minimum atomic E-state index is 0.329. The van der Waals surface area contributed by atoms with E-state index in [4.69, 9.17) is 26.2 Å². The van der Waals surface area contributed by atoms with E-state index in [1.54, 1.807) is 6.20 Å². The Labute approximate surface area is 172 Å². The number of aryl methyl sites for hydroxylation is 1. The number of hydrogen-bond acceptors (Lipinski definition) is 7. The Morgan fingerprint density at radius 1 is 1.21 bits per heavy atom. The molecule has 2 fully saturated rings. The average molecular weight is 416 g/mol. The third-order valence-electron chi connectivity index (χ3n) is 6.16. The van der Waals surface area contributed by atoms with Crippen LogP contribution in [0.3, 0.4) is 0 Å². The van der Waals surface area contributed by atoms with E-state index in [9.17, 15) is 0 Å². The molecule has 29 heavy (non-hydrogen) atoms. The number of halogens is 1. The summed E-state index contributed by atoms with van der Waals surface area (Å²) in [6, 6.07) is 0.329. The Morgan fingerprint density at radius 2 is 2.03 bits per heavy atom. The summed E-state index contributed by atoms with van der Waals surface area (Å²) in [5.41, 5.74) is 2.57. The Morgan fingerprint density at radius 3 is 2.86 bits per heavy atom. The standard InChI is InChI=1S/C19H22ClN7O2/c1-10-15-18(25-27(10)11-7-12-3-4-13(8-11)29-12)28-6-2-5-26-17-14(16(20)24-26)9-21-19(22-15)23-17/h9,11-13H,2-8H2,1H3,(H,21,22,23)/t11?,12-,13?/m0/s1. The maximum atomic E-state index is 6.24. The zero-order chi connectivity index (χ0) is 19.5. The molecule has 2 saturated heterocycles. The van der Waals surface area contributed by atoms with Gasteiger partial charge in [0, 0.05) is 19.2 Å². The molecule has 0 aromatic carbocycles. The van der Waals surface area contributed by atoms with Crippen molar-refractivity contribution in [3.05, 3.63) is 17.0 Å². The molecule has 3 atom stereocenters. The summed E-state index contributed by atoms with van der Waals surface area (Å²) in [5, 5.41) is 13.7. The number of nitrogens with zero attached hydrogens (tertiary/aromatic N) is 6.